The van der Waals surface area contributed by atoms with Gasteiger partial charge in [0.25, 0.3) is 0 Å². The molecule has 1 aromatic heterocycles. The molecule has 3 heterocycles. The third-order valence-electron chi connectivity index (χ3n) is 6.70. The molecule has 34 heavy (non-hydrogen) atoms. The first-order chi connectivity index (χ1) is 16.6. The van der Waals surface area contributed by atoms with Gasteiger partial charge in [-0.3, -0.25) is 4.90 Å². The van der Waals surface area contributed by atoms with E-state index in [-0.39, 0.29) is 6.10 Å². The summed E-state index contributed by atoms with van der Waals surface area (Å²) < 4.78 is 17.4. The molecule has 1 unspecified atom stereocenters. The van der Waals surface area contributed by atoms with Crippen molar-refractivity contribution in [3.8, 4) is 17.2 Å². The minimum absolute atomic E-state index is 0.0940. The van der Waals surface area contributed by atoms with Crippen molar-refractivity contribution in [2.24, 2.45) is 0 Å². The molecule has 0 N–H and O–H groups in total. The Morgan fingerprint density at radius 3 is 2.41 bits per heavy atom. The van der Waals surface area contributed by atoms with Crippen molar-refractivity contribution < 1.29 is 14.2 Å². The molecule has 0 aliphatic carbocycles. The predicted octanol–water partition coefficient (Wildman–Crippen LogP) is 5.93. The van der Waals surface area contributed by atoms with Crippen LogP contribution in [0.4, 0.5) is 0 Å². The lowest BCUT2D eigenvalue weighted by atomic mass is 10.0. The summed E-state index contributed by atoms with van der Waals surface area (Å²) in [4.78, 5) is 6.40. The van der Waals surface area contributed by atoms with Crippen LogP contribution in [-0.4, -0.2) is 49.3 Å². The van der Waals surface area contributed by atoms with Crippen molar-refractivity contribution in [2.45, 2.75) is 38.8 Å². The maximum absolute atomic E-state index is 6.47. The molecule has 2 aliphatic rings. The fourth-order valence-corrected chi connectivity index (χ4v) is 5.39. The van der Waals surface area contributed by atoms with Crippen LogP contribution in [0.25, 0.3) is 0 Å². The molecule has 0 amide bonds. The van der Waals surface area contributed by atoms with Gasteiger partial charge in [-0.15, -0.1) is 11.3 Å². The Balaban J connectivity index is 1.12. The van der Waals surface area contributed by atoms with Gasteiger partial charge in [-0.25, -0.2) is 0 Å². The van der Waals surface area contributed by atoms with E-state index in [1.165, 1.54) is 16.0 Å². The summed E-state index contributed by atoms with van der Waals surface area (Å²) in [7, 11) is 0. The van der Waals surface area contributed by atoms with E-state index in [2.05, 4.69) is 77.6 Å². The Morgan fingerprint density at radius 1 is 0.912 bits per heavy atom. The summed E-state index contributed by atoms with van der Waals surface area (Å²) in [6, 6.07) is 19.2. The molecule has 0 spiro atoms. The van der Waals surface area contributed by atoms with Crippen LogP contribution >= 0.6 is 11.3 Å². The van der Waals surface area contributed by atoms with E-state index in [0.717, 1.165) is 62.9 Å². The molecule has 1 saturated heterocycles. The number of piperazine rings is 1. The van der Waals surface area contributed by atoms with Crippen LogP contribution in [0.1, 0.15) is 48.3 Å². The number of hydrogen-bond donors (Lipinski definition) is 0. The van der Waals surface area contributed by atoms with Gasteiger partial charge in [-0.05, 0) is 52.8 Å². The zero-order chi connectivity index (χ0) is 23.3. The van der Waals surface area contributed by atoms with Crippen LogP contribution in [0.2, 0.25) is 0 Å². The molecule has 5 nitrogen and oxygen atoms in total. The quantitative estimate of drug-likeness (QED) is 0.381. The van der Waals surface area contributed by atoms with E-state index in [1.807, 2.05) is 6.07 Å². The number of ether oxygens (including phenoxy) is 3. The van der Waals surface area contributed by atoms with Crippen LogP contribution in [0, 0.1) is 0 Å². The molecule has 2 aliphatic heterocycles. The summed E-state index contributed by atoms with van der Waals surface area (Å²) in [6.07, 6.45) is 1.09. The minimum atomic E-state index is 0.0940. The Labute approximate surface area is 206 Å². The third-order valence-corrected chi connectivity index (χ3v) is 7.67. The second-order valence-electron chi connectivity index (χ2n) is 9.44. The first-order valence-corrected chi connectivity index (χ1v) is 13.2. The summed E-state index contributed by atoms with van der Waals surface area (Å²) in [5, 5.41) is 2.14. The van der Waals surface area contributed by atoms with Crippen molar-refractivity contribution in [1.29, 1.82) is 0 Å². The molecule has 0 bridgehead atoms. The van der Waals surface area contributed by atoms with Crippen molar-refractivity contribution in [2.75, 3.05) is 39.5 Å². The summed E-state index contributed by atoms with van der Waals surface area (Å²) >= 11 is 1.78. The van der Waals surface area contributed by atoms with Gasteiger partial charge in [0.15, 0.2) is 11.5 Å². The lowest BCUT2D eigenvalue weighted by Crippen LogP contribution is -2.46. The van der Waals surface area contributed by atoms with Crippen molar-refractivity contribution in [1.82, 2.24) is 9.80 Å². The number of benzene rings is 2. The number of rotatable bonds is 9. The van der Waals surface area contributed by atoms with Gasteiger partial charge in [0, 0.05) is 50.6 Å². The van der Waals surface area contributed by atoms with Gasteiger partial charge >= 0.3 is 0 Å². The highest BCUT2D eigenvalue weighted by molar-refractivity contribution is 7.10. The van der Waals surface area contributed by atoms with Gasteiger partial charge in [0.2, 0.25) is 6.79 Å². The van der Waals surface area contributed by atoms with Gasteiger partial charge in [-0.1, -0.05) is 38.1 Å². The van der Waals surface area contributed by atoms with E-state index in [9.17, 15) is 0 Å². The van der Waals surface area contributed by atoms with Crippen LogP contribution in [0.15, 0.2) is 60.0 Å². The summed E-state index contributed by atoms with van der Waals surface area (Å²) in [5.74, 6) is 3.21. The molecule has 1 atom stereocenters. The standard InChI is InChI=1S/C28H34N2O3S/c1-21(2)23-6-8-24(9-7-23)33-26(28-4-3-17-34-28)11-12-29-13-15-30(16-14-29)19-22-5-10-25-27(18-22)32-20-31-25/h3-10,17-18,21,26H,11-16,19-20H2,1-2H3. The number of hydrogen-bond acceptors (Lipinski definition) is 6. The number of fused-ring (bicyclic) bond motifs is 1. The Hall–Kier alpha value is -2.54. The normalized spacial score (nSPS) is 17.3. The third kappa shape index (κ3) is 5.74. The van der Waals surface area contributed by atoms with Gasteiger partial charge in [-0.2, -0.15) is 0 Å². The molecule has 1 fully saturated rings. The number of thiophene rings is 1. The zero-order valence-electron chi connectivity index (χ0n) is 20.1. The van der Waals surface area contributed by atoms with E-state index in [4.69, 9.17) is 14.2 Å². The Kier molecular flexibility index (Phi) is 7.38. The van der Waals surface area contributed by atoms with E-state index < -0.39 is 0 Å². The topological polar surface area (TPSA) is 34.2 Å². The fraction of sp³-hybridized carbons (Fsp3) is 0.429. The first kappa shape index (κ1) is 23.2. The zero-order valence-corrected chi connectivity index (χ0v) is 20.9. The lowest BCUT2D eigenvalue weighted by molar-refractivity contribution is 0.107. The average molecular weight is 479 g/mol. The molecule has 0 saturated carbocycles. The van der Waals surface area contributed by atoms with Gasteiger partial charge in [0.1, 0.15) is 11.9 Å². The molecule has 180 valence electrons. The van der Waals surface area contributed by atoms with Crippen molar-refractivity contribution in [3.63, 3.8) is 0 Å². The highest BCUT2D eigenvalue weighted by Gasteiger charge is 2.21. The Morgan fingerprint density at radius 2 is 1.68 bits per heavy atom. The van der Waals surface area contributed by atoms with Crippen LogP contribution in [0.5, 0.6) is 17.2 Å². The summed E-state index contributed by atoms with van der Waals surface area (Å²) in [5.41, 5.74) is 2.63. The van der Waals surface area contributed by atoms with Crippen molar-refractivity contribution in [3.05, 3.63) is 76.0 Å². The Bertz CT molecular complexity index is 1040. The molecule has 6 heteroatoms. The fourth-order valence-electron chi connectivity index (χ4n) is 4.60. The monoisotopic (exact) mass is 478 g/mol. The highest BCUT2D eigenvalue weighted by Crippen LogP contribution is 2.33. The predicted molar refractivity (Wildman–Crippen MR) is 137 cm³/mol. The lowest BCUT2D eigenvalue weighted by Gasteiger charge is -2.35. The van der Waals surface area contributed by atoms with Gasteiger partial charge < -0.3 is 19.1 Å². The summed E-state index contributed by atoms with van der Waals surface area (Å²) in [6.45, 7) is 11.1. The second kappa shape index (κ2) is 10.8. The molecular formula is C28H34N2O3S. The SMILES string of the molecule is CC(C)c1ccc(OC(CCN2CCN(Cc3ccc4c(c3)OCO4)CC2)c2cccs2)cc1. The second-order valence-corrected chi connectivity index (χ2v) is 10.4. The van der Waals surface area contributed by atoms with Crippen LogP contribution in [0.3, 0.4) is 0 Å². The maximum Gasteiger partial charge on any atom is 0.231 e. The molecule has 3 aromatic rings. The molecule has 2 aromatic carbocycles. The van der Waals surface area contributed by atoms with E-state index >= 15 is 0 Å². The maximum atomic E-state index is 6.47. The van der Waals surface area contributed by atoms with E-state index in [0.29, 0.717) is 12.7 Å². The molecule has 5 rings (SSSR count). The van der Waals surface area contributed by atoms with Gasteiger partial charge in [0.05, 0.1) is 0 Å². The van der Waals surface area contributed by atoms with Crippen LogP contribution in [-0.2, 0) is 6.54 Å². The molecule has 0 radical (unpaired) electrons. The molecular weight excluding hydrogens is 444 g/mol. The number of nitrogens with zero attached hydrogens (tertiary/aromatic N) is 2. The highest BCUT2D eigenvalue weighted by atomic mass is 32.1. The minimum Gasteiger partial charge on any atom is -0.485 e. The average Bonchev–Trinajstić information content (AvgIpc) is 3.55. The van der Waals surface area contributed by atoms with Crippen LogP contribution < -0.4 is 14.2 Å². The van der Waals surface area contributed by atoms with Crippen molar-refractivity contribution >= 4 is 11.3 Å². The smallest absolute Gasteiger partial charge is 0.231 e. The van der Waals surface area contributed by atoms with E-state index in [1.54, 1.807) is 11.3 Å². The largest absolute Gasteiger partial charge is 0.485 e. The first-order valence-electron chi connectivity index (χ1n) is 12.3.